The number of rotatable bonds is 4. The zero-order valence-corrected chi connectivity index (χ0v) is 12.5. The second-order valence-electron chi connectivity index (χ2n) is 6.01. The van der Waals surface area contributed by atoms with Crippen LogP contribution in [0.2, 0.25) is 0 Å². The number of nitrogens with zero attached hydrogens (tertiary/aromatic N) is 1. The smallest absolute Gasteiger partial charge is 0.221 e. The zero-order chi connectivity index (χ0) is 14.5. The van der Waals surface area contributed by atoms with Crippen molar-refractivity contribution in [3.05, 3.63) is 29.8 Å². The number of carbonyl (C=O) groups excluding carboxylic acids is 1. The SMILES string of the molecule is O=C1CCN(Cc2ccccc2OC2CCCC2)CCN1. The van der Waals surface area contributed by atoms with Gasteiger partial charge >= 0.3 is 0 Å². The van der Waals surface area contributed by atoms with Gasteiger partial charge in [0.1, 0.15) is 5.75 Å². The van der Waals surface area contributed by atoms with Crippen LogP contribution in [0.1, 0.15) is 37.7 Å². The van der Waals surface area contributed by atoms with Crippen molar-refractivity contribution in [2.75, 3.05) is 19.6 Å². The third-order valence-corrected chi connectivity index (χ3v) is 4.37. The molecule has 0 bridgehead atoms. The lowest BCUT2D eigenvalue weighted by Crippen LogP contribution is -2.28. The summed E-state index contributed by atoms with van der Waals surface area (Å²) in [6, 6.07) is 8.33. The second-order valence-corrected chi connectivity index (χ2v) is 6.01. The largest absolute Gasteiger partial charge is 0.490 e. The van der Waals surface area contributed by atoms with E-state index in [1.165, 1.54) is 31.2 Å². The van der Waals surface area contributed by atoms with Crippen LogP contribution in [0.5, 0.6) is 5.75 Å². The van der Waals surface area contributed by atoms with E-state index in [4.69, 9.17) is 4.74 Å². The van der Waals surface area contributed by atoms with Crippen molar-refractivity contribution in [2.45, 2.75) is 44.8 Å². The Kier molecular flexibility index (Phi) is 4.76. The number of amides is 1. The van der Waals surface area contributed by atoms with Crippen molar-refractivity contribution in [1.82, 2.24) is 10.2 Å². The molecule has 1 aliphatic heterocycles. The van der Waals surface area contributed by atoms with Gasteiger partial charge in [-0.15, -0.1) is 0 Å². The van der Waals surface area contributed by atoms with Crippen molar-refractivity contribution in [3.63, 3.8) is 0 Å². The summed E-state index contributed by atoms with van der Waals surface area (Å²) in [6.07, 6.45) is 5.90. The number of nitrogens with one attached hydrogen (secondary N) is 1. The predicted octanol–water partition coefficient (Wildman–Crippen LogP) is 2.33. The van der Waals surface area contributed by atoms with E-state index in [-0.39, 0.29) is 5.91 Å². The monoisotopic (exact) mass is 288 g/mol. The van der Waals surface area contributed by atoms with Crippen LogP contribution >= 0.6 is 0 Å². The maximum Gasteiger partial charge on any atom is 0.221 e. The molecule has 0 aromatic heterocycles. The third kappa shape index (κ3) is 3.97. The molecule has 2 fully saturated rings. The molecule has 1 aromatic carbocycles. The van der Waals surface area contributed by atoms with E-state index in [0.717, 1.165) is 31.9 Å². The Balaban J connectivity index is 1.65. The van der Waals surface area contributed by atoms with E-state index in [2.05, 4.69) is 28.4 Å². The van der Waals surface area contributed by atoms with Crippen LogP contribution in [0.3, 0.4) is 0 Å². The van der Waals surface area contributed by atoms with Gasteiger partial charge in [-0.1, -0.05) is 18.2 Å². The van der Waals surface area contributed by atoms with Gasteiger partial charge in [0.25, 0.3) is 0 Å². The maximum atomic E-state index is 11.4. The summed E-state index contributed by atoms with van der Waals surface area (Å²) in [7, 11) is 0. The molecule has 0 spiro atoms. The number of para-hydroxylation sites is 1. The average molecular weight is 288 g/mol. The third-order valence-electron chi connectivity index (χ3n) is 4.37. The first-order chi connectivity index (χ1) is 10.3. The van der Waals surface area contributed by atoms with E-state index in [9.17, 15) is 4.79 Å². The number of hydrogen-bond donors (Lipinski definition) is 1. The lowest BCUT2D eigenvalue weighted by atomic mass is 10.1. The van der Waals surface area contributed by atoms with Crippen LogP contribution < -0.4 is 10.1 Å². The molecular weight excluding hydrogens is 264 g/mol. The van der Waals surface area contributed by atoms with Gasteiger partial charge < -0.3 is 10.1 Å². The highest BCUT2D eigenvalue weighted by molar-refractivity contribution is 5.76. The fourth-order valence-corrected chi connectivity index (χ4v) is 3.15. The fourth-order valence-electron chi connectivity index (χ4n) is 3.15. The molecule has 1 amide bonds. The highest BCUT2D eigenvalue weighted by atomic mass is 16.5. The minimum absolute atomic E-state index is 0.160. The maximum absolute atomic E-state index is 11.4. The minimum Gasteiger partial charge on any atom is -0.490 e. The predicted molar refractivity (Wildman–Crippen MR) is 82.2 cm³/mol. The molecule has 4 heteroatoms. The molecule has 1 heterocycles. The number of ether oxygens (including phenoxy) is 1. The van der Waals surface area contributed by atoms with Crippen molar-refractivity contribution < 1.29 is 9.53 Å². The van der Waals surface area contributed by atoms with E-state index in [1.54, 1.807) is 0 Å². The van der Waals surface area contributed by atoms with Gasteiger partial charge in [-0.25, -0.2) is 0 Å². The van der Waals surface area contributed by atoms with E-state index in [0.29, 0.717) is 12.5 Å². The Morgan fingerprint density at radius 2 is 2.00 bits per heavy atom. The van der Waals surface area contributed by atoms with Crippen LogP contribution in [-0.4, -0.2) is 36.5 Å². The van der Waals surface area contributed by atoms with Gasteiger partial charge in [0, 0.05) is 38.2 Å². The summed E-state index contributed by atoms with van der Waals surface area (Å²) in [5, 5.41) is 2.92. The van der Waals surface area contributed by atoms with Gasteiger partial charge in [-0.2, -0.15) is 0 Å². The molecule has 0 atom stereocenters. The Bertz CT molecular complexity index is 483. The molecule has 1 saturated heterocycles. The molecule has 4 nitrogen and oxygen atoms in total. The first-order valence-corrected chi connectivity index (χ1v) is 8.05. The van der Waals surface area contributed by atoms with Gasteiger partial charge in [-0.05, 0) is 31.7 Å². The lowest BCUT2D eigenvalue weighted by molar-refractivity contribution is -0.120. The fraction of sp³-hybridized carbons (Fsp3) is 0.588. The minimum atomic E-state index is 0.160. The Morgan fingerprint density at radius 3 is 2.86 bits per heavy atom. The molecule has 1 aliphatic carbocycles. The first-order valence-electron chi connectivity index (χ1n) is 8.05. The topological polar surface area (TPSA) is 41.6 Å². The van der Waals surface area contributed by atoms with Crippen LogP contribution in [0.25, 0.3) is 0 Å². The summed E-state index contributed by atoms with van der Waals surface area (Å²) in [6.45, 7) is 3.33. The highest BCUT2D eigenvalue weighted by Gasteiger charge is 2.19. The summed E-state index contributed by atoms with van der Waals surface area (Å²) in [4.78, 5) is 13.7. The summed E-state index contributed by atoms with van der Waals surface area (Å²) in [5.41, 5.74) is 1.23. The van der Waals surface area contributed by atoms with Crippen molar-refractivity contribution in [1.29, 1.82) is 0 Å². The Hall–Kier alpha value is -1.55. The van der Waals surface area contributed by atoms with Crippen LogP contribution in [0.4, 0.5) is 0 Å². The molecule has 1 saturated carbocycles. The zero-order valence-electron chi connectivity index (χ0n) is 12.5. The molecule has 21 heavy (non-hydrogen) atoms. The van der Waals surface area contributed by atoms with Crippen LogP contribution in [-0.2, 0) is 11.3 Å². The average Bonchev–Trinajstić information content (AvgIpc) is 2.91. The summed E-state index contributed by atoms with van der Waals surface area (Å²) < 4.78 is 6.19. The quantitative estimate of drug-likeness (QED) is 0.924. The molecule has 0 unspecified atom stereocenters. The molecular formula is C17H24N2O2. The summed E-state index contributed by atoms with van der Waals surface area (Å²) >= 11 is 0. The molecule has 1 aromatic rings. The van der Waals surface area contributed by atoms with Crippen molar-refractivity contribution in [2.24, 2.45) is 0 Å². The molecule has 114 valence electrons. The van der Waals surface area contributed by atoms with Gasteiger partial charge in [-0.3, -0.25) is 9.69 Å². The van der Waals surface area contributed by atoms with Gasteiger partial charge in [0.2, 0.25) is 5.91 Å². The van der Waals surface area contributed by atoms with Crippen LogP contribution in [0, 0.1) is 0 Å². The van der Waals surface area contributed by atoms with E-state index in [1.807, 2.05) is 6.07 Å². The molecule has 3 rings (SSSR count). The Morgan fingerprint density at radius 1 is 1.19 bits per heavy atom. The molecule has 1 N–H and O–H groups in total. The number of benzene rings is 1. The van der Waals surface area contributed by atoms with Gasteiger partial charge in [0.05, 0.1) is 6.10 Å². The van der Waals surface area contributed by atoms with Gasteiger partial charge in [0.15, 0.2) is 0 Å². The number of carbonyl (C=O) groups is 1. The molecule has 2 aliphatic rings. The van der Waals surface area contributed by atoms with E-state index < -0.39 is 0 Å². The van der Waals surface area contributed by atoms with Crippen LogP contribution in [0.15, 0.2) is 24.3 Å². The van der Waals surface area contributed by atoms with E-state index >= 15 is 0 Å². The second kappa shape index (κ2) is 6.94. The van der Waals surface area contributed by atoms with Crippen molar-refractivity contribution >= 4 is 5.91 Å². The Labute approximate surface area is 126 Å². The van der Waals surface area contributed by atoms with Crippen molar-refractivity contribution in [3.8, 4) is 5.75 Å². The molecule has 0 radical (unpaired) electrons. The lowest BCUT2D eigenvalue weighted by Gasteiger charge is -2.22. The number of hydrogen-bond acceptors (Lipinski definition) is 3. The summed E-state index contributed by atoms with van der Waals surface area (Å²) in [5.74, 6) is 1.18. The highest BCUT2D eigenvalue weighted by Crippen LogP contribution is 2.27. The standard InChI is InChI=1S/C17H24N2O2/c20-17-9-11-19(12-10-18-17)13-14-5-1-4-8-16(14)21-15-6-2-3-7-15/h1,4-5,8,15H,2-3,6-7,9-13H2,(H,18,20). The normalized spacial score (nSPS) is 21.0. The first kappa shape index (κ1) is 14.4.